The van der Waals surface area contributed by atoms with Gasteiger partial charge < -0.3 is 20.0 Å². The van der Waals surface area contributed by atoms with Gasteiger partial charge in [-0.25, -0.2) is 4.79 Å². The average molecular weight is 256 g/mol. The fraction of sp³-hybridized carbons (Fsp3) is 0.727. The Balaban J connectivity index is 2.09. The Morgan fingerprint density at radius 2 is 2.00 bits per heavy atom. The first-order valence-corrected chi connectivity index (χ1v) is 5.85. The summed E-state index contributed by atoms with van der Waals surface area (Å²) in [7, 11) is 1.61. The molecular formula is C11H16N2O5. The van der Waals surface area contributed by atoms with E-state index in [-0.39, 0.29) is 31.2 Å². The number of aliphatic hydroxyl groups is 1. The molecule has 0 aromatic heterocycles. The maximum atomic E-state index is 12.2. The van der Waals surface area contributed by atoms with Gasteiger partial charge in [-0.1, -0.05) is 0 Å². The van der Waals surface area contributed by atoms with Crippen LogP contribution in [0.15, 0.2) is 0 Å². The third-order valence-corrected chi connectivity index (χ3v) is 3.54. The van der Waals surface area contributed by atoms with Gasteiger partial charge in [-0.15, -0.1) is 0 Å². The molecule has 7 nitrogen and oxygen atoms in total. The minimum Gasteiger partial charge on any atom is -0.480 e. The van der Waals surface area contributed by atoms with Crippen LogP contribution < -0.4 is 0 Å². The van der Waals surface area contributed by atoms with E-state index in [9.17, 15) is 19.5 Å². The molecule has 7 heteroatoms. The Bertz CT molecular complexity index is 397. The monoisotopic (exact) mass is 256 g/mol. The number of β-amino-alcohol motifs (C(OH)–C–C–N with tert-alkyl or cyclic N) is 1. The first kappa shape index (κ1) is 12.8. The molecule has 2 N–H and O–H groups in total. The van der Waals surface area contributed by atoms with Crippen LogP contribution in [0.5, 0.6) is 0 Å². The van der Waals surface area contributed by atoms with Crippen molar-refractivity contribution in [3.05, 3.63) is 0 Å². The smallest absolute Gasteiger partial charge is 0.326 e. The number of hydrogen-bond acceptors (Lipinski definition) is 4. The summed E-state index contributed by atoms with van der Waals surface area (Å²) in [6.45, 7) is 0.348. The second kappa shape index (κ2) is 4.56. The van der Waals surface area contributed by atoms with E-state index in [1.54, 1.807) is 7.05 Å². The zero-order valence-electron chi connectivity index (χ0n) is 10.1. The molecule has 100 valence electrons. The van der Waals surface area contributed by atoms with Crippen LogP contribution in [0, 0.1) is 5.92 Å². The molecule has 2 rings (SSSR count). The molecule has 2 saturated heterocycles. The number of carbonyl (C=O) groups excluding carboxylic acids is 2. The molecule has 0 bridgehead atoms. The Labute approximate surface area is 104 Å². The molecule has 0 saturated carbocycles. The summed E-state index contributed by atoms with van der Waals surface area (Å²) in [4.78, 5) is 37.2. The third-order valence-electron chi connectivity index (χ3n) is 3.54. The molecule has 1 unspecified atom stereocenters. The largest absolute Gasteiger partial charge is 0.480 e. The highest BCUT2D eigenvalue weighted by atomic mass is 16.4. The van der Waals surface area contributed by atoms with Crippen molar-refractivity contribution >= 4 is 17.8 Å². The molecule has 2 aliphatic heterocycles. The summed E-state index contributed by atoms with van der Waals surface area (Å²) < 4.78 is 0. The summed E-state index contributed by atoms with van der Waals surface area (Å²) in [6, 6.07) is -0.978. The van der Waals surface area contributed by atoms with Crippen LogP contribution >= 0.6 is 0 Å². The van der Waals surface area contributed by atoms with E-state index >= 15 is 0 Å². The molecule has 2 heterocycles. The fourth-order valence-corrected chi connectivity index (χ4v) is 2.55. The first-order valence-electron chi connectivity index (χ1n) is 5.85. The van der Waals surface area contributed by atoms with Crippen LogP contribution in [0.4, 0.5) is 0 Å². The molecule has 0 aliphatic carbocycles. The molecule has 2 amide bonds. The molecule has 0 radical (unpaired) electrons. The maximum Gasteiger partial charge on any atom is 0.326 e. The van der Waals surface area contributed by atoms with Gasteiger partial charge in [-0.05, 0) is 0 Å². The average Bonchev–Trinajstić information content (AvgIpc) is 2.82. The van der Waals surface area contributed by atoms with Crippen LogP contribution in [0.2, 0.25) is 0 Å². The summed E-state index contributed by atoms with van der Waals surface area (Å²) in [5.41, 5.74) is 0. The standard InChI is InChI=1S/C11H16N2O5/c1-12-4-6(2-9(12)15)10(16)13-5-7(14)3-8(13)11(17)18/h6-8,14H,2-5H2,1H3,(H,17,18)/t6?,7-,8+/m1/s1. The van der Waals surface area contributed by atoms with Gasteiger partial charge in [0.05, 0.1) is 12.0 Å². The minimum absolute atomic E-state index is 0.0319. The van der Waals surface area contributed by atoms with Crippen molar-refractivity contribution in [2.75, 3.05) is 20.1 Å². The SMILES string of the molecule is CN1CC(C(=O)N2C[C@H](O)C[C@H]2C(=O)O)CC1=O. The quantitative estimate of drug-likeness (QED) is 0.627. The van der Waals surface area contributed by atoms with Gasteiger partial charge >= 0.3 is 5.97 Å². The van der Waals surface area contributed by atoms with Crippen molar-refractivity contribution in [2.24, 2.45) is 5.92 Å². The van der Waals surface area contributed by atoms with Crippen molar-refractivity contribution in [1.82, 2.24) is 9.80 Å². The zero-order chi connectivity index (χ0) is 13.4. The predicted molar refractivity (Wildman–Crippen MR) is 59.5 cm³/mol. The fourth-order valence-electron chi connectivity index (χ4n) is 2.55. The van der Waals surface area contributed by atoms with E-state index < -0.39 is 24.0 Å². The van der Waals surface area contributed by atoms with E-state index in [1.165, 1.54) is 9.80 Å². The Morgan fingerprint density at radius 3 is 2.50 bits per heavy atom. The van der Waals surface area contributed by atoms with E-state index in [0.717, 1.165) is 0 Å². The number of amides is 2. The van der Waals surface area contributed by atoms with Crippen LogP contribution in [-0.4, -0.2) is 70.1 Å². The van der Waals surface area contributed by atoms with Gasteiger partial charge in [0, 0.05) is 33.0 Å². The number of nitrogens with zero attached hydrogens (tertiary/aromatic N) is 2. The van der Waals surface area contributed by atoms with Crippen LogP contribution in [0.3, 0.4) is 0 Å². The topological polar surface area (TPSA) is 98.2 Å². The molecule has 0 aromatic carbocycles. The molecule has 18 heavy (non-hydrogen) atoms. The zero-order valence-corrected chi connectivity index (χ0v) is 10.1. The number of carbonyl (C=O) groups is 3. The number of carboxylic acids is 1. The number of carboxylic acid groups (broad SMARTS) is 1. The van der Waals surface area contributed by atoms with E-state index in [0.29, 0.717) is 6.54 Å². The molecule has 0 spiro atoms. The summed E-state index contributed by atoms with van der Waals surface area (Å²) in [6.07, 6.45) is -0.629. The van der Waals surface area contributed by atoms with Gasteiger partial charge in [0.2, 0.25) is 11.8 Å². The Hall–Kier alpha value is -1.63. The number of rotatable bonds is 2. The van der Waals surface area contributed by atoms with Crippen molar-refractivity contribution in [3.63, 3.8) is 0 Å². The summed E-state index contributed by atoms with van der Waals surface area (Å²) in [5, 5.41) is 18.5. The van der Waals surface area contributed by atoms with Crippen molar-refractivity contribution in [2.45, 2.75) is 25.0 Å². The van der Waals surface area contributed by atoms with E-state index in [1.807, 2.05) is 0 Å². The molecule has 2 aliphatic rings. The summed E-state index contributed by atoms with van der Waals surface area (Å²) >= 11 is 0. The van der Waals surface area contributed by atoms with Gasteiger partial charge in [0.1, 0.15) is 6.04 Å². The van der Waals surface area contributed by atoms with Crippen LogP contribution in [0.1, 0.15) is 12.8 Å². The lowest BCUT2D eigenvalue weighted by molar-refractivity contribution is -0.149. The second-order valence-corrected chi connectivity index (χ2v) is 4.91. The van der Waals surface area contributed by atoms with Gasteiger partial charge in [0.25, 0.3) is 0 Å². The highest BCUT2D eigenvalue weighted by Gasteiger charge is 2.43. The second-order valence-electron chi connectivity index (χ2n) is 4.91. The van der Waals surface area contributed by atoms with Crippen molar-refractivity contribution in [1.29, 1.82) is 0 Å². The van der Waals surface area contributed by atoms with Crippen molar-refractivity contribution < 1.29 is 24.6 Å². The van der Waals surface area contributed by atoms with Gasteiger partial charge in [-0.3, -0.25) is 9.59 Å². The molecule has 2 fully saturated rings. The lowest BCUT2D eigenvalue weighted by Gasteiger charge is -2.24. The molecule has 3 atom stereocenters. The summed E-state index contributed by atoms with van der Waals surface area (Å²) in [5.74, 6) is -2.07. The van der Waals surface area contributed by atoms with Gasteiger partial charge in [0.15, 0.2) is 0 Å². The van der Waals surface area contributed by atoms with Gasteiger partial charge in [-0.2, -0.15) is 0 Å². The minimum atomic E-state index is -1.11. The Kier molecular flexibility index (Phi) is 3.25. The van der Waals surface area contributed by atoms with E-state index in [4.69, 9.17) is 5.11 Å². The maximum absolute atomic E-state index is 12.2. The number of aliphatic carboxylic acids is 1. The normalized spacial score (nSPS) is 32.1. The predicted octanol–water partition coefficient (Wildman–Crippen LogP) is -1.49. The first-order chi connectivity index (χ1) is 8.40. The number of likely N-dealkylation sites (tertiary alicyclic amines) is 2. The highest BCUT2D eigenvalue weighted by Crippen LogP contribution is 2.25. The lowest BCUT2D eigenvalue weighted by Crippen LogP contribution is -2.44. The van der Waals surface area contributed by atoms with Crippen LogP contribution in [-0.2, 0) is 14.4 Å². The number of hydrogen-bond donors (Lipinski definition) is 2. The van der Waals surface area contributed by atoms with Crippen molar-refractivity contribution in [3.8, 4) is 0 Å². The lowest BCUT2D eigenvalue weighted by atomic mass is 10.1. The van der Waals surface area contributed by atoms with Crippen LogP contribution in [0.25, 0.3) is 0 Å². The third kappa shape index (κ3) is 2.17. The number of aliphatic hydroxyl groups excluding tert-OH is 1. The van der Waals surface area contributed by atoms with E-state index in [2.05, 4.69) is 0 Å². The highest BCUT2D eigenvalue weighted by molar-refractivity contribution is 5.91. The molecular weight excluding hydrogens is 240 g/mol. The molecule has 0 aromatic rings. The Morgan fingerprint density at radius 1 is 1.33 bits per heavy atom.